The maximum Gasteiger partial charge on any atom is 0.0198 e. The molecule has 0 aromatic heterocycles. The van der Waals surface area contributed by atoms with E-state index in [0.29, 0.717) is 23.2 Å². The Morgan fingerprint density at radius 3 is 1.57 bits per heavy atom. The van der Waals surface area contributed by atoms with Crippen molar-refractivity contribution in [1.82, 2.24) is 14.7 Å². The van der Waals surface area contributed by atoms with Gasteiger partial charge in [-0.15, -0.1) is 0 Å². The molecule has 23 heavy (non-hydrogen) atoms. The van der Waals surface area contributed by atoms with Gasteiger partial charge < -0.3 is 0 Å². The molecule has 0 unspecified atom stereocenters. The first kappa shape index (κ1) is 19.2. The lowest BCUT2D eigenvalue weighted by atomic mass is 9.91. The molecule has 136 valence electrons. The highest BCUT2D eigenvalue weighted by molar-refractivity contribution is 4.92. The van der Waals surface area contributed by atoms with Crippen molar-refractivity contribution in [3.63, 3.8) is 0 Å². The number of likely N-dealkylation sites (tertiary alicyclic amines) is 1. The standard InChI is InChI=1S/C20H41N3/c1-16-13-22(20(6,7)8)14-17(2)23(16)15-18-9-11-21(12-10-18)19(3,4)5/h16-18H,9-15H2,1-8H3/t16-,17+. The summed E-state index contributed by atoms with van der Waals surface area (Å²) >= 11 is 0. The van der Waals surface area contributed by atoms with E-state index in [-0.39, 0.29) is 0 Å². The minimum atomic E-state index is 0.298. The number of nitrogens with zero attached hydrogens (tertiary/aromatic N) is 3. The largest absolute Gasteiger partial charge is 0.298 e. The zero-order valence-corrected chi connectivity index (χ0v) is 17.0. The summed E-state index contributed by atoms with van der Waals surface area (Å²) in [6.07, 6.45) is 2.74. The van der Waals surface area contributed by atoms with Crippen molar-refractivity contribution in [2.45, 2.75) is 91.4 Å². The van der Waals surface area contributed by atoms with Gasteiger partial charge in [-0.3, -0.25) is 14.7 Å². The van der Waals surface area contributed by atoms with Crippen LogP contribution in [-0.2, 0) is 0 Å². The lowest BCUT2D eigenvalue weighted by Crippen LogP contribution is -2.62. The molecule has 0 aromatic carbocycles. The van der Waals surface area contributed by atoms with Gasteiger partial charge in [0.2, 0.25) is 0 Å². The summed E-state index contributed by atoms with van der Waals surface area (Å²) < 4.78 is 0. The number of hydrogen-bond donors (Lipinski definition) is 0. The molecular formula is C20H41N3. The first-order chi connectivity index (χ1) is 10.5. The van der Waals surface area contributed by atoms with Crippen molar-refractivity contribution < 1.29 is 0 Å². The van der Waals surface area contributed by atoms with Crippen molar-refractivity contribution >= 4 is 0 Å². The molecule has 0 radical (unpaired) electrons. The second kappa shape index (κ2) is 7.01. The monoisotopic (exact) mass is 323 g/mol. The molecule has 3 heteroatoms. The third-order valence-corrected chi connectivity index (χ3v) is 6.08. The molecule has 2 saturated heterocycles. The van der Waals surface area contributed by atoms with Crippen LogP contribution < -0.4 is 0 Å². The Morgan fingerprint density at radius 1 is 0.739 bits per heavy atom. The number of rotatable bonds is 2. The van der Waals surface area contributed by atoms with Gasteiger partial charge in [0.05, 0.1) is 0 Å². The highest BCUT2D eigenvalue weighted by Gasteiger charge is 2.36. The summed E-state index contributed by atoms with van der Waals surface area (Å²) in [5.41, 5.74) is 0.635. The van der Waals surface area contributed by atoms with Crippen molar-refractivity contribution in [2.75, 3.05) is 32.7 Å². The summed E-state index contributed by atoms with van der Waals surface area (Å²) in [5, 5.41) is 0. The van der Waals surface area contributed by atoms with Crippen molar-refractivity contribution in [3.05, 3.63) is 0 Å². The molecular weight excluding hydrogens is 282 g/mol. The van der Waals surface area contributed by atoms with Gasteiger partial charge in [-0.2, -0.15) is 0 Å². The van der Waals surface area contributed by atoms with Crippen molar-refractivity contribution in [1.29, 1.82) is 0 Å². The summed E-state index contributed by atoms with van der Waals surface area (Å²) in [4.78, 5) is 8.12. The predicted molar refractivity (Wildman–Crippen MR) is 101 cm³/mol. The van der Waals surface area contributed by atoms with E-state index < -0.39 is 0 Å². The third-order valence-electron chi connectivity index (χ3n) is 6.08. The first-order valence-electron chi connectivity index (χ1n) is 9.74. The fourth-order valence-electron chi connectivity index (χ4n) is 4.35. The lowest BCUT2D eigenvalue weighted by molar-refractivity contribution is -0.0206. The van der Waals surface area contributed by atoms with Gasteiger partial charge in [-0.25, -0.2) is 0 Å². The normalized spacial score (nSPS) is 30.8. The third kappa shape index (κ3) is 4.93. The fourth-order valence-corrected chi connectivity index (χ4v) is 4.35. The van der Waals surface area contributed by atoms with E-state index in [4.69, 9.17) is 0 Å². The zero-order valence-electron chi connectivity index (χ0n) is 17.0. The molecule has 0 saturated carbocycles. The molecule has 0 N–H and O–H groups in total. The highest BCUT2D eigenvalue weighted by atomic mass is 15.3. The van der Waals surface area contributed by atoms with Gasteiger partial charge in [-0.05, 0) is 87.2 Å². The van der Waals surface area contributed by atoms with Crippen LogP contribution in [0, 0.1) is 5.92 Å². The zero-order chi connectivity index (χ0) is 17.4. The van der Waals surface area contributed by atoms with Crippen LogP contribution in [0.15, 0.2) is 0 Å². The summed E-state index contributed by atoms with van der Waals surface area (Å²) in [6, 6.07) is 1.36. The van der Waals surface area contributed by atoms with E-state index >= 15 is 0 Å². The highest BCUT2D eigenvalue weighted by Crippen LogP contribution is 2.28. The van der Waals surface area contributed by atoms with Gasteiger partial charge in [0.15, 0.2) is 0 Å². The Balaban J connectivity index is 1.87. The van der Waals surface area contributed by atoms with Crippen LogP contribution in [0.1, 0.15) is 68.2 Å². The molecule has 2 rings (SSSR count). The van der Waals surface area contributed by atoms with Gasteiger partial charge in [0, 0.05) is 42.8 Å². The molecule has 2 aliphatic heterocycles. The van der Waals surface area contributed by atoms with Gasteiger partial charge in [-0.1, -0.05) is 0 Å². The second-order valence-corrected chi connectivity index (χ2v) is 10.1. The Kier molecular flexibility index (Phi) is 5.86. The lowest BCUT2D eigenvalue weighted by Gasteiger charge is -2.51. The molecule has 0 spiro atoms. The van der Waals surface area contributed by atoms with Crippen LogP contribution in [0.25, 0.3) is 0 Å². The van der Waals surface area contributed by atoms with E-state index in [1.54, 1.807) is 0 Å². The smallest absolute Gasteiger partial charge is 0.0198 e. The number of piperazine rings is 1. The average Bonchev–Trinajstić information content (AvgIpc) is 2.41. The molecule has 2 fully saturated rings. The topological polar surface area (TPSA) is 9.72 Å². The molecule has 0 amide bonds. The van der Waals surface area contributed by atoms with E-state index in [1.807, 2.05) is 0 Å². The van der Waals surface area contributed by atoms with Crippen LogP contribution in [0.2, 0.25) is 0 Å². The van der Waals surface area contributed by atoms with E-state index in [0.717, 1.165) is 5.92 Å². The fraction of sp³-hybridized carbons (Fsp3) is 1.00. The average molecular weight is 324 g/mol. The van der Waals surface area contributed by atoms with E-state index in [1.165, 1.54) is 45.6 Å². The van der Waals surface area contributed by atoms with Crippen LogP contribution in [0.4, 0.5) is 0 Å². The Hall–Kier alpha value is -0.120. The molecule has 0 aromatic rings. The molecule has 0 bridgehead atoms. The maximum absolute atomic E-state index is 2.79. The Labute approximate surface area is 145 Å². The van der Waals surface area contributed by atoms with Crippen LogP contribution >= 0.6 is 0 Å². The van der Waals surface area contributed by atoms with Crippen molar-refractivity contribution in [2.24, 2.45) is 5.92 Å². The number of piperidine rings is 1. The summed E-state index contributed by atoms with van der Waals surface area (Å²) in [7, 11) is 0. The quantitative estimate of drug-likeness (QED) is 0.767. The minimum Gasteiger partial charge on any atom is -0.298 e. The maximum atomic E-state index is 2.79. The summed E-state index contributed by atoms with van der Waals surface area (Å²) in [6.45, 7) is 25.3. The Bertz CT molecular complexity index is 359. The minimum absolute atomic E-state index is 0.298. The molecule has 2 aliphatic rings. The summed E-state index contributed by atoms with van der Waals surface area (Å²) in [5.74, 6) is 0.889. The molecule has 3 nitrogen and oxygen atoms in total. The van der Waals surface area contributed by atoms with Gasteiger partial charge in [0.25, 0.3) is 0 Å². The van der Waals surface area contributed by atoms with Crippen LogP contribution in [-0.4, -0.2) is 70.6 Å². The van der Waals surface area contributed by atoms with E-state index in [2.05, 4.69) is 70.1 Å². The first-order valence-corrected chi connectivity index (χ1v) is 9.74. The van der Waals surface area contributed by atoms with Gasteiger partial charge >= 0.3 is 0 Å². The second-order valence-electron chi connectivity index (χ2n) is 10.1. The molecule has 2 heterocycles. The van der Waals surface area contributed by atoms with Crippen molar-refractivity contribution in [3.8, 4) is 0 Å². The SMILES string of the molecule is C[C@@H]1CN(C(C)(C)C)C[C@H](C)N1CC1CCN(C(C)(C)C)CC1. The van der Waals surface area contributed by atoms with Gasteiger partial charge in [0.1, 0.15) is 0 Å². The van der Waals surface area contributed by atoms with Crippen LogP contribution in [0.5, 0.6) is 0 Å². The molecule has 0 aliphatic carbocycles. The number of hydrogen-bond acceptors (Lipinski definition) is 3. The molecule has 2 atom stereocenters. The van der Waals surface area contributed by atoms with Crippen LogP contribution in [0.3, 0.4) is 0 Å². The van der Waals surface area contributed by atoms with E-state index in [9.17, 15) is 0 Å². The Morgan fingerprint density at radius 2 is 1.17 bits per heavy atom. The predicted octanol–water partition coefficient (Wildman–Crippen LogP) is 3.69.